The number of nitrogens with zero attached hydrogens (tertiary/aromatic N) is 2. The smallest absolute Gasteiger partial charge is 0.0220 e. The number of nitrogens with one attached hydrogen (secondary N) is 1. The molecule has 3 nitrogen and oxygen atoms in total. The summed E-state index contributed by atoms with van der Waals surface area (Å²) in [6.07, 6.45) is 8.59. The molecule has 0 amide bonds. The first-order valence-electron chi connectivity index (χ1n) is 6.87. The van der Waals surface area contributed by atoms with Gasteiger partial charge in [-0.15, -0.1) is 0 Å². The zero-order chi connectivity index (χ0) is 11.7. The van der Waals surface area contributed by atoms with Crippen LogP contribution in [0.4, 0.5) is 0 Å². The molecule has 1 saturated heterocycles. The number of aromatic nitrogens is 1. The molecule has 3 rings (SSSR count). The van der Waals surface area contributed by atoms with Gasteiger partial charge in [0.25, 0.3) is 0 Å². The quantitative estimate of drug-likeness (QED) is 0.833. The van der Waals surface area contributed by atoms with Crippen molar-refractivity contribution in [2.24, 2.45) is 13.0 Å². The summed E-state index contributed by atoms with van der Waals surface area (Å²) in [5.41, 5.74) is 1.39. The minimum absolute atomic E-state index is 0.874. The van der Waals surface area contributed by atoms with E-state index in [4.69, 9.17) is 0 Å². The van der Waals surface area contributed by atoms with Crippen molar-refractivity contribution in [3.63, 3.8) is 0 Å². The number of likely N-dealkylation sites (tertiary alicyclic amines) is 1. The monoisotopic (exact) mass is 233 g/mol. The molecule has 1 aliphatic carbocycles. The van der Waals surface area contributed by atoms with Gasteiger partial charge >= 0.3 is 0 Å². The molecule has 3 heteroatoms. The lowest BCUT2D eigenvalue weighted by Gasteiger charge is -2.15. The molecular weight excluding hydrogens is 210 g/mol. The molecule has 1 aromatic rings. The van der Waals surface area contributed by atoms with Gasteiger partial charge in [0, 0.05) is 38.6 Å². The highest BCUT2D eigenvalue weighted by molar-refractivity contribution is 5.09. The van der Waals surface area contributed by atoms with Gasteiger partial charge in [0.05, 0.1) is 0 Å². The average molecular weight is 233 g/mol. The Morgan fingerprint density at radius 3 is 2.94 bits per heavy atom. The molecule has 17 heavy (non-hydrogen) atoms. The number of hydrogen-bond acceptors (Lipinski definition) is 2. The summed E-state index contributed by atoms with van der Waals surface area (Å²) in [4.78, 5) is 2.69. The first-order valence-corrected chi connectivity index (χ1v) is 6.87. The Labute approximate surface area is 104 Å². The molecule has 1 saturated carbocycles. The summed E-state index contributed by atoms with van der Waals surface area (Å²) >= 11 is 0. The molecule has 0 bridgehead atoms. The average Bonchev–Trinajstić information content (AvgIpc) is 2.93. The first-order chi connectivity index (χ1) is 8.31. The normalized spacial score (nSPS) is 25.6. The highest BCUT2D eigenvalue weighted by Crippen LogP contribution is 2.31. The Balaban J connectivity index is 1.37. The molecule has 94 valence electrons. The van der Waals surface area contributed by atoms with Crippen molar-refractivity contribution in [2.75, 3.05) is 19.6 Å². The van der Waals surface area contributed by atoms with Crippen LogP contribution in [-0.2, 0) is 13.6 Å². The van der Waals surface area contributed by atoms with Crippen molar-refractivity contribution >= 4 is 0 Å². The lowest BCUT2D eigenvalue weighted by atomic mass is 10.1. The van der Waals surface area contributed by atoms with Crippen LogP contribution < -0.4 is 5.32 Å². The maximum absolute atomic E-state index is 3.60. The van der Waals surface area contributed by atoms with E-state index in [9.17, 15) is 0 Å². The van der Waals surface area contributed by atoms with Gasteiger partial charge in [0.1, 0.15) is 0 Å². The van der Waals surface area contributed by atoms with Crippen LogP contribution in [0.2, 0.25) is 0 Å². The van der Waals surface area contributed by atoms with Crippen molar-refractivity contribution in [2.45, 2.75) is 31.8 Å². The molecular formula is C14H23N3. The van der Waals surface area contributed by atoms with Crippen molar-refractivity contribution in [3.05, 3.63) is 24.0 Å². The van der Waals surface area contributed by atoms with E-state index < -0.39 is 0 Å². The van der Waals surface area contributed by atoms with E-state index in [1.807, 2.05) is 0 Å². The highest BCUT2D eigenvalue weighted by atomic mass is 15.2. The summed E-state index contributed by atoms with van der Waals surface area (Å²) in [7, 11) is 2.08. The summed E-state index contributed by atoms with van der Waals surface area (Å²) in [5, 5.41) is 3.60. The summed E-state index contributed by atoms with van der Waals surface area (Å²) < 4.78 is 2.11. The summed E-state index contributed by atoms with van der Waals surface area (Å²) in [6, 6.07) is 3.15. The maximum Gasteiger partial charge on any atom is 0.0220 e. The van der Waals surface area contributed by atoms with Crippen molar-refractivity contribution in [1.82, 2.24) is 14.8 Å². The van der Waals surface area contributed by atoms with Gasteiger partial charge in [-0.2, -0.15) is 0 Å². The van der Waals surface area contributed by atoms with Gasteiger partial charge in [0.2, 0.25) is 0 Å². The second-order valence-electron chi connectivity index (χ2n) is 5.70. The van der Waals surface area contributed by atoms with Crippen LogP contribution in [0, 0.1) is 5.92 Å². The highest BCUT2D eigenvalue weighted by Gasteiger charge is 2.33. The third-order valence-corrected chi connectivity index (χ3v) is 4.04. The Morgan fingerprint density at radius 1 is 1.35 bits per heavy atom. The van der Waals surface area contributed by atoms with Crippen LogP contribution in [0.15, 0.2) is 18.5 Å². The van der Waals surface area contributed by atoms with Crippen LogP contribution in [-0.4, -0.2) is 35.1 Å². The van der Waals surface area contributed by atoms with Gasteiger partial charge in [-0.25, -0.2) is 0 Å². The third-order valence-electron chi connectivity index (χ3n) is 4.04. The largest absolute Gasteiger partial charge is 0.357 e. The molecule has 2 fully saturated rings. The Hall–Kier alpha value is -0.800. The molecule has 1 N–H and O–H groups in total. The maximum atomic E-state index is 3.60. The van der Waals surface area contributed by atoms with E-state index in [0.717, 1.165) is 18.5 Å². The Bertz CT molecular complexity index is 367. The SMILES string of the molecule is Cn1ccc(CNCC2CCN(C3CC3)C2)c1. The minimum Gasteiger partial charge on any atom is -0.357 e. The second-order valence-corrected chi connectivity index (χ2v) is 5.70. The third kappa shape index (κ3) is 2.90. The molecule has 0 aromatic carbocycles. The first kappa shape index (κ1) is 11.3. The van der Waals surface area contributed by atoms with Crippen LogP contribution >= 0.6 is 0 Å². The van der Waals surface area contributed by atoms with Gasteiger partial charge in [-0.1, -0.05) is 0 Å². The van der Waals surface area contributed by atoms with Gasteiger partial charge in [-0.3, -0.25) is 0 Å². The fourth-order valence-electron chi connectivity index (χ4n) is 2.89. The van der Waals surface area contributed by atoms with E-state index >= 15 is 0 Å². The number of hydrogen-bond donors (Lipinski definition) is 1. The predicted octanol–water partition coefficient (Wildman–Crippen LogP) is 1.60. The van der Waals surface area contributed by atoms with Gasteiger partial charge in [-0.05, 0) is 49.9 Å². The van der Waals surface area contributed by atoms with Crippen molar-refractivity contribution in [1.29, 1.82) is 0 Å². The predicted molar refractivity (Wildman–Crippen MR) is 69.8 cm³/mol. The standard InChI is InChI=1S/C14H23N3/c1-16-6-4-12(10-16)8-15-9-13-5-7-17(11-13)14-2-3-14/h4,6,10,13-15H,2-3,5,7-9,11H2,1H3. The lowest BCUT2D eigenvalue weighted by Crippen LogP contribution is -2.27. The van der Waals surface area contributed by atoms with Crippen molar-refractivity contribution in [3.8, 4) is 0 Å². The van der Waals surface area contributed by atoms with Crippen LogP contribution in [0.5, 0.6) is 0 Å². The molecule has 0 spiro atoms. The summed E-state index contributed by atoms with van der Waals surface area (Å²) in [6.45, 7) is 4.85. The van der Waals surface area contributed by atoms with Crippen LogP contribution in [0.1, 0.15) is 24.8 Å². The van der Waals surface area contributed by atoms with Crippen molar-refractivity contribution < 1.29 is 0 Å². The van der Waals surface area contributed by atoms with Gasteiger partial charge < -0.3 is 14.8 Å². The molecule has 1 aliphatic heterocycles. The number of aryl methyl sites for hydroxylation is 1. The Morgan fingerprint density at radius 2 is 2.24 bits per heavy atom. The van der Waals surface area contributed by atoms with E-state index in [1.54, 1.807) is 0 Å². The van der Waals surface area contributed by atoms with E-state index in [-0.39, 0.29) is 0 Å². The summed E-state index contributed by atoms with van der Waals surface area (Å²) in [5.74, 6) is 0.874. The molecule has 1 unspecified atom stereocenters. The van der Waals surface area contributed by atoms with E-state index in [1.165, 1.54) is 44.5 Å². The van der Waals surface area contributed by atoms with E-state index in [2.05, 4.69) is 40.3 Å². The van der Waals surface area contributed by atoms with Crippen LogP contribution in [0.25, 0.3) is 0 Å². The molecule has 1 aromatic heterocycles. The lowest BCUT2D eigenvalue weighted by molar-refractivity contribution is 0.312. The second kappa shape index (κ2) is 4.83. The zero-order valence-corrected chi connectivity index (χ0v) is 10.7. The fraction of sp³-hybridized carbons (Fsp3) is 0.714. The van der Waals surface area contributed by atoms with Gasteiger partial charge in [0.15, 0.2) is 0 Å². The number of rotatable bonds is 5. The van der Waals surface area contributed by atoms with Crippen LogP contribution in [0.3, 0.4) is 0 Å². The molecule has 1 atom stereocenters. The minimum atomic E-state index is 0.874. The zero-order valence-electron chi connectivity index (χ0n) is 10.7. The fourth-order valence-corrected chi connectivity index (χ4v) is 2.89. The molecule has 0 radical (unpaired) electrons. The topological polar surface area (TPSA) is 20.2 Å². The molecule has 2 heterocycles. The Kier molecular flexibility index (Phi) is 3.21. The molecule has 2 aliphatic rings. The van der Waals surface area contributed by atoms with E-state index in [0.29, 0.717) is 0 Å².